The lowest BCUT2D eigenvalue weighted by atomic mass is 9.92. The quantitative estimate of drug-likeness (QED) is 0.431. The van der Waals surface area contributed by atoms with Crippen molar-refractivity contribution >= 4 is 46.7 Å². The molecule has 42 heavy (non-hydrogen) atoms. The highest BCUT2D eigenvalue weighted by Crippen LogP contribution is 2.38. The summed E-state index contributed by atoms with van der Waals surface area (Å²) in [5.41, 5.74) is -0.643. The van der Waals surface area contributed by atoms with E-state index < -0.39 is 34.8 Å². The predicted octanol–water partition coefficient (Wildman–Crippen LogP) is 3.38. The molecular formula is C28H32ClFN6O5S. The van der Waals surface area contributed by atoms with Gasteiger partial charge in [-0.3, -0.25) is 14.7 Å². The number of aliphatic imine (C=N–C) groups is 1. The molecule has 2 aromatic rings. The molecule has 2 unspecified atom stereocenters. The maximum Gasteiger partial charge on any atom is 0.338 e. The fraction of sp³-hybridized carbons (Fsp3) is 0.464. The number of carboxylic acid groups (broad SMARTS) is 1. The molecule has 4 heterocycles. The third-order valence-corrected chi connectivity index (χ3v) is 9.06. The van der Waals surface area contributed by atoms with Gasteiger partial charge in [0.15, 0.2) is 10.8 Å². The van der Waals surface area contributed by atoms with Crippen LogP contribution in [0.25, 0.3) is 0 Å². The molecule has 2 atom stereocenters. The number of hydrogen-bond acceptors (Lipinski definition) is 9. The molecular weight excluding hydrogens is 587 g/mol. The van der Waals surface area contributed by atoms with Gasteiger partial charge in [0.25, 0.3) is 0 Å². The molecule has 5 rings (SSSR count). The number of carboxylic acids is 1. The van der Waals surface area contributed by atoms with E-state index in [0.717, 1.165) is 0 Å². The first-order valence-electron chi connectivity index (χ1n) is 13.4. The molecule has 224 valence electrons. The molecule has 2 saturated heterocycles. The van der Waals surface area contributed by atoms with E-state index in [0.29, 0.717) is 48.3 Å². The number of rotatable bonds is 8. The van der Waals surface area contributed by atoms with Crippen LogP contribution >= 0.6 is 22.9 Å². The average Bonchev–Trinajstić information content (AvgIpc) is 3.55. The van der Waals surface area contributed by atoms with E-state index in [9.17, 15) is 23.9 Å². The van der Waals surface area contributed by atoms with Crippen molar-refractivity contribution in [1.29, 1.82) is 0 Å². The van der Waals surface area contributed by atoms with E-state index >= 15 is 0 Å². The van der Waals surface area contributed by atoms with E-state index in [2.05, 4.69) is 15.2 Å². The zero-order valence-electron chi connectivity index (χ0n) is 23.7. The number of thiazole rings is 1. The summed E-state index contributed by atoms with van der Waals surface area (Å²) in [5, 5.41) is 15.1. The van der Waals surface area contributed by atoms with Crippen LogP contribution in [-0.4, -0.2) is 101 Å². The topological polar surface area (TPSA) is 128 Å². The standard InChI is InChI=1S/C28H32ClFN6O5S/c1-27(2,25(38)39)13-35-15-28(3)14-34(9-10-36(28)26(35)40)12-18-19(24(37)41-4)21(16-6-5-7-17(30)20(16)29)33-22(32-18)23-31-8-11-42-23/h5-8,11,21H,9-10,12-15H2,1-4H3,(H,32,33)(H,38,39). The molecule has 1 aromatic carbocycles. The number of methoxy groups -OCH3 is 1. The Morgan fingerprint density at radius 2 is 2.07 bits per heavy atom. The number of halogens is 2. The number of nitrogens with zero attached hydrogens (tertiary/aromatic N) is 5. The van der Waals surface area contributed by atoms with Gasteiger partial charge in [0.2, 0.25) is 0 Å². The number of benzene rings is 1. The van der Waals surface area contributed by atoms with Crippen LogP contribution in [0.4, 0.5) is 9.18 Å². The number of carbonyl (C=O) groups is 3. The first-order chi connectivity index (χ1) is 19.8. The summed E-state index contributed by atoms with van der Waals surface area (Å²) >= 11 is 7.74. The second-order valence-corrected chi connectivity index (χ2v) is 12.8. The van der Waals surface area contributed by atoms with Crippen LogP contribution in [0, 0.1) is 11.2 Å². The molecule has 1 aromatic heterocycles. The van der Waals surface area contributed by atoms with Gasteiger partial charge in [0.1, 0.15) is 11.9 Å². The van der Waals surface area contributed by atoms with Crippen molar-refractivity contribution < 1.29 is 28.6 Å². The number of ether oxygens (including phenoxy) is 1. The van der Waals surface area contributed by atoms with E-state index in [1.807, 2.05) is 6.92 Å². The Kier molecular flexibility index (Phi) is 8.03. The Morgan fingerprint density at radius 1 is 1.31 bits per heavy atom. The lowest BCUT2D eigenvalue weighted by molar-refractivity contribution is -0.147. The van der Waals surface area contributed by atoms with Crippen LogP contribution in [0.3, 0.4) is 0 Å². The first kappa shape index (κ1) is 29.9. The Labute approximate surface area is 251 Å². The molecule has 3 aliphatic rings. The maximum atomic E-state index is 14.5. The zero-order chi connectivity index (χ0) is 30.4. The minimum atomic E-state index is -1.09. The van der Waals surface area contributed by atoms with Crippen molar-refractivity contribution in [3.8, 4) is 0 Å². The van der Waals surface area contributed by atoms with Crippen molar-refractivity contribution in [2.75, 3.05) is 46.4 Å². The summed E-state index contributed by atoms with van der Waals surface area (Å²) in [6, 6.07) is 3.25. The first-order valence-corrected chi connectivity index (χ1v) is 14.6. The Morgan fingerprint density at radius 3 is 2.74 bits per heavy atom. The molecule has 0 saturated carbocycles. The summed E-state index contributed by atoms with van der Waals surface area (Å²) in [5.74, 6) is -1.81. The monoisotopic (exact) mass is 618 g/mol. The summed E-state index contributed by atoms with van der Waals surface area (Å²) < 4.78 is 19.7. The molecule has 0 bridgehead atoms. The largest absolute Gasteiger partial charge is 0.481 e. The zero-order valence-corrected chi connectivity index (χ0v) is 25.3. The van der Waals surface area contributed by atoms with Crippen molar-refractivity contribution in [2.24, 2.45) is 10.4 Å². The number of amides is 2. The summed E-state index contributed by atoms with van der Waals surface area (Å²) in [6.45, 7) is 7.32. The van der Waals surface area contributed by atoms with Crippen LogP contribution in [0.15, 0.2) is 46.0 Å². The van der Waals surface area contributed by atoms with Gasteiger partial charge < -0.3 is 25.0 Å². The third-order valence-electron chi connectivity index (χ3n) is 7.88. The van der Waals surface area contributed by atoms with Crippen molar-refractivity contribution in [2.45, 2.75) is 32.4 Å². The number of nitrogens with one attached hydrogen (secondary N) is 1. The highest BCUT2D eigenvalue weighted by atomic mass is 35.5. The maximum absolute atomic E-state index is 14.5. The number of esters is 1. The van der Waals surface area contributed by atoms with Crippen LogP contribution in [0.2, 0.25) is 5.02 Å². The second-order valence-electron chi connectivity index (χ2n) is 11.6. The van der Waals surface area contributed by atoms with Crippen LogP contribution in [0.5, 0.6) is 0 Å². The van der Waals surface area contributed by atoms with Gasteiger partial charge >= 0.3 is 18.0 Å². The van der Waals surface area contributed by atoms with Crippen molar-refractivity contribution in [1.82, 2.24) is 25.0 Å². The Hall–Kier alpha value is -3.55. The number of aromatic nitrogens is 1. The summed E-state index contributed by atoms with van der Waals surface area (Å²) in [4.78, 5) is 52.8. The molecule has 2 fully saturated rings. The Balaban J connectivity index is 1.47. The van der Waals surface area contributed by atoms with Gasteiger partial charge in [-0.15, -0.1) is 11.3 Å². The second kappa shape index (κ2) is 11.3. The van der Waals surface area contributed by atoms with E-state index in [1.165, 1.54) is 30.6 Å². The average molecular weight is 619 g/mol. The van der Waals surface area contributed by atoms with Gasteiger partial charge in [-0.2, -0.15) is 0 Å². The lowest BCUT2D eigenvalue weighted by Gasteiger charge is -2.44. The van der Waals surface area contributed by atoms with E-state index in [4.69, 9.17) is 21.3 Å². The van der Waals surface area contributed by atoms with Gasteiger partial charge in [-0.25, -0.2) is 19.0 Å². The Bertz CT molecular complexity index is 1480. The van der Waals surface area contributed by atoms with Gasteiger partial charge in [0, 0.05) is 62.1 Å². The van der Waals surface area contributed by atoms with Crippen molar-refractivity contribution in [3.05, 3.63) is 62.5 Å². The van der Waals surface area contributed by atoms with Crippen LogP contribution in [-0.2, 0) is 14.3 Å². The molecule has 0 spiro atoms. The highest BCUT2D eigenvalue weighted by Gasteiger charge is 2.51. The lowest BCUT2D eigenvalue weighted by Crippen LogP contribution is -2.60. The molecule has 11 nitrogen and oxygen atoms in total. The van der Waals surface area contributed by atoms with Crippen LogP contribution < -0.4 is 5.32 Å². The smallest absolute Gasteiger partial charge is 0.338 e. The number of aliphatic carboxylic acids is 1. The number of carbonyl (C=O) groups excluding carboxylic acids is 2. The minimum absolute atomic E-state index is 0.0934. The van der Waals surface area contributed by atoms with Gasteiger partial charge in [-0.05, 0) is 26.8 Å². The number of urea groups is 1. The molecule has 0 aliphatic carbocycles. The third kappa shape index (κ3) is 5.48. The van der Waals surface area contributed by atoms with Crippen LogP contribution in [0.1, 0.15) is 37.4 Å². The normalized spacial score (nSPS) is 23.0. The van der Waals surface area contributed by atoms with Gasteiger partial charge in [-0.1, -0.05) is 23.7 Å². The molecule has 14 heteroatoms. The summed E-state index contributed by atoms with van der Waals surface area (Å²) in [7, 11) is 1.27. The molecule has 0 radical (unpaired) electrons. The van der Waals surface area contributed by atoms with Crippen molar-refractivity contribution in [3.63, 3.8) is 0 Å². The number of piperazine rings is 1. The fourth-order valence-corrected chi connectivity index (χ4v) is 6.59. The predicted molar refractivity (Wildman–Crippen MR) is 155 cm³/mol. The highest BCUT2D eigenvalue weighted by molar-refractivity contribution is 7.11. The summed E-state index contributed by atoms with van der Waals surface area (Å²) in [6.07, 6.45) is 1.64. The SMILES string of the molecule is COC(=O)C1=C(CN2CCN3C(=O)N(CC(C)(C)C(=O)O)CC3(C)C2)NC(c2nccs2)=NC1c1cccc(F)c1Cl. The molecule has 2 amide bonds. The number of fused-ring (bicyclic) bond motifs is 1. The van der Waals surface area contributed by atoms with E-state index in [-0.39, 0.29) is 29.7 Å². The fourth-order valence-electron chi connectivity index (χ4n) is 5.77. The van der Waals surface area contributed by atoms with E-state index in [1.54, 1.807) is 41.3 Å². The number of amidine groups is 1. The molecule has 2 N–H and O–H groups in total. The minimum Gasteiger partial charge on any atom is -0.481 e. The molecule has 3 aliphatic heterocycles. The number of hydrogen-bond donors (Lipinski definition) is 2. The van der Waals surface area contributed by atoms with Gasteiger partial charge in [0.05, 0.1) is 28.7 Å².